The summed E-state index contributed by atoms with van der Waals surface area (Å²) in [4.78, 5) is 28.6. The Hall–Kier alpha value is -3.84. The van der Waals surface area contributed by atoms with Gasteiger partial charge in [-0.1, -0.05) is 68.8 Å². The number of carbonyl (C=O) groups is 2. The Morgan fingerprint density at radius 3 is 2.33 bits per heavy atom. The molecule has 2 N–H and O–H groups in total. The summed E-state index contributed by atoms with van der Waals surface area (Å²) in [7, 11) is 1.65. The molecule has 7 nitrogen and oxygen atoms in total. The van der Waals surface area contributed by atoms with Gasteiger partial charge in [-0.15, -0.1) is 0 Å². The fourth-order valence-corrected chi connectivity index (χ4v) is 6.29. The highest BCUT2D eigenvalue weighted by Gasteiger charge is 2.48. The molecule has 42 heavy (non-hydrogen) atoms. The number of hydrogen-bond acceptors (Lipinski definition) is 5. The number of rotatable bonds is 13. The number of carboxylic acids is 1. The summed E-state index contributed by atoms with van der Waals surface area (Å²) >= 11 is 0. The van der Waals surface area contributed by atoms with Crippen LogP contribution in [0, 0.1) is 5.92 Å². The molecule has 1 aliphatic rings. The lowest BCUT2D eigenvalue weighted by Crippen LogP contribution is -2.62. The first-order valence-electron chi connectivity index (χ1n) is 15.0. The first-order chi connectivity index (χ1) is 20.3. The third-order valence-corrected chi connectivity index (χ3v) is 8.09. The Labute approximate surface area is 249 Å². The van der Waals surface area contributed by atoms with Gasteiger partial charge in [0.15, 0.2) is 0 Å². The van der Waals surface area contributed by atoms with Crippen LogP contribution in [0.5, 0.6) is 11.5 Å². The van der Waals surface area contributed by atoms with Crippen molar-refractivity contribution in [3.63, 3.8) is 0 Å². The van der Waals surface area contributed by atoms with Crippen molar-refractivity contribution in [3.8, 4) is 11.5 Å². The Bertz CT molecular complexity index is 1320. The fraction of sp³-hybridized carbons (Fsp3) is 0.429. The Kier molecular flexibility index (Phi) is 10.6. The van der Waals surface area contributed by atoms with Gasteiger partial charge in [0.2, 0.25) is 5.91 Å². The van der Waals surface area contributed by atoms with Gasteiger partial charge in [-0.3, -0.25) is 4.79 Å². The monoisotopic (exact) mass is 572 g/mol. The van der Waals surface area contributed by atoms with Crippen LogP contribution in [0.2, 0.25) is 0 Å². The van der Waals surface area contributed by atoms with Crippen LogP contribution in [-0.4, -0.2) is 48.2 Å². The molecule has 0 saturated carbocycles. The molecule has 7 heteroatoms. The maximum absolute atomic E-state index is 14.7. The van der Waals surface area contributed by atoms with E-state index in [1.807, 2.05) is 37.3 Å². The molecule has 0 bridgehead atoms. The van der Waals surface area contributed by atoms with E-state index in [0.29, 0.717) is 19.1 Å². The molecule has 2 atom stereocenters. The van der Waals surface area contributed by atoms with Gasteiger partial charge in [0.1, 0.15) is 17.1 Å². The first-order valence-corrected chi connectivity index (χ1v) is 15.0. The number of carboxylic acid groups (broad SMARTS) is 1. The average molecular weight is 573 g/mol. The third kappa shape index (κ3) is 7.13. The van der Waals surface area contributed by atoms with Crippen molar-refractivity contribution in [2.75, 3.05) is 20.3 Å². The summed E-state index contributed by atoms with van der Waals surface area (Å²) in [5.41, 5.74) is 2.34. The number of ether oxygens (including phenoxy) is 2. The van der Waals surface area contributed by atoms with Gasteiger partial charge >= 0.3 is 5.97 Å². The molecule has 1 amide bonds. The van der Waals surface area contributed by atoms with Gasteiger partial charge in [0.05, 0.1) is 25.7 Å². The lowest BCUT2D eigenvalue weighted by atomic mass is 9.72. The Balaban J connectivity index is 1.85. The molecule has 0 aliphatic carbocycles. The van der Waals surface area contributed by atoms with Crippen molar-refractivity contribution in [1.29, 1.82) is 0 Å². The zero-order valence-corrected chi connectivity index (χ0v) is 25.3. The lowest BCUT2D eigenvalue weighted by molar-refractivity contribution is -0.142. The minimum absolute atomic E-state index is 0.0202. The molecule has 0 spiro atoms. The van der Waals surface area contributed by atoms with Crippen LogP contribution in [0.3, 0.4) is 0 Å². The van der Waals surface area contributed by atoms with Crippen LogP contribution in [0.1, 0.15) is 73.5 Å². The van der Waals surface area contributed by atoms with Crippen LogP contribution in [0.15, 0.2) is 72.8 Å². The van der Waals surface area contributed by atoms with Crippen molar-refractivity contribution in [2.24, 2.45) is 5.92 Å². The van der Waals surface area contributed by atoms with Crippen LogP contribution < -0.4 is 14.8 Å². The van der Waals surface area contributed by atoms with E-state index in [4.69, 9.17) is 9.47 Å². The lowest BCUT2D eigenvalue weighted by Gasteiger charge is -2.52. The van der Waals surface area contributed by atoms with Crippen LogP contribution >= 0.6 is 0 Å². The summed E-state index contributed by atoms with van der Waals surface area (Å²) in [6, 6.07) is 23.4. The van der Waals surface area contributed by atoms with Gasteiger partial charge in [0.25, 0.3) is 0 Å². The number of nitrogens with zero attached hydrogens (tertiary/aromatic N) is 1. The van der Waals surface area contributed by atoms with E-state index < -0.39 is 11.5 Å². The van der Waals surface area contributed by atoms with Crippen molar-refractivity contribution < 1.29 is 24.2 Å². The summed E-state index contributed by atoms with van der Waals surface area (Å²) in [6.07, 6.45) is 4.10. The predicted molar refractivity (Wildman–Crippen MR) is 165 cm³/mol. The molecule has 0 radical (unpaired) electrons. The topological polar surface area (TPSA) is 88.1 Å². The van der Waals surface area contributed by atoms with Crippen molar-refractivity contribution in [1.82, 2.24) is 10.2 Å². The van der Waals surface area contributed by atoms with E-state index in [1.165, 1.54) is 6.07 Å². The molecule has 3 aromatic rings. The number of hydrogen-bond donors (Lipinski definition) is 2. The minimum atomic E-state index is -1.05. The second-order valence-electron chi connectivity index (χ2n) is 11.5. The zero-order chi connectivity index (χ0) is 30.1. The third-order valence-electron chi connectivity index (χ3n) is 8.09. The number of benzene rings is 3. The summed E-state index contributed by atoms with van der Waals surface area (Å²) in [5, 5.41) is 13.5. The Morgan fingerprint density at radius 1 is 1.02 bits per heavy atom. The van der Waals surface area contributed by atoms with Gasteiger partial charge in [-0.2, -0.15) is 0 Å². The van der Waals surface area contributed by atoms with E-state index in [0.717, 1.165) is 54.7 Å². The maximum atomic E-state index is 14.7. The van der Waals surface area contributed by atoms with E-state index in [-0.39, 0.29) is 29.7 Å². The van der Waals surface area contributed by atoms with Gasteiger partial charge < -0.3 is 24.8 Å². The summed E-state index contributed by atoms with van der Waals surface area (Å²) in [5.74, 6) is 0.292. The van der Waals surface area contributed by atoms with Crippen LogP contribution in [0.4, 0.5) is 0 Å². The number of piperidine rings is 1. The predicted octanol–water partition coefficient (Wildman–Crippen LogP) is 6.45. The van der Waals surface area contributed by atoms with E-state index >= 15 is 0 Å². The number of methoxy groups -OCH3 is 1. The van der Waals surface area contributed by atoms with E-state index in [9.17, 15) is 14.7 Å². The van der Waals surface area contributed by atoms with Crippen LogP contribution in [-0.2, 0) is 23.3 Å². The molecule has 2 unspecified atom stereocenters. The first kappa shape index (κ1) is 31.1. The molecule has 224 valence electrons. The number of amides is 1. The molecular weight excluding hydrogens is 528 g/mol. The number of nitrogens with one attached hydrogen (secondary N) is 1. The van der Waals surface area contributed by atoms with Crippen molar-refractivity contribution in [3.05, 3.63) is 95.1 Å². The highest BCUT2D eigenvalue weighted by Crippen LogP contribution is 2.43. The highest BCUT2D eigenvalue weighted by molar-refractivity contribution is 5.91. The number of aromatic carboxylic acids is 1. The van der Waals surface area contributed by atoms with Gasteiger partial charge in [0, 0.05) is 12.6 Å². The average Bonchev–Trinajstić information content (AvgIpc) is 3.00. The standard InChI is InChI=1S/C35H44N2O5/c1-5-42-31-21-27(16-19-30(31)34(39)40)22-33(38)37(24-26-14-17-29(41-4)18-15-26)35(23-25(2)3,28-11-7-6-8-12-28)32-13-9-10-20-36-32/h6-8,11-12,14-19,21,25,32,36H,5,9-10,13,20,22-24H2,1-4H3,(H,39,40). The fourth-order valence-electron chi connectivity index (χ4n) is 6.29. The van der Waals surface area contributed by atoms with Gasteiger partial charge in [-0.05, 0) is 79.6 Å². The van der Waals surface area contributed by atoms with E-state index in [1.54, 1.807) is 19.2 Å². The quantitative estimate of drug-likeness (QED) is 0.245. The number of carbonyl (C=O) groups excluding carboxylic acids is 1. The molecule has 1 heterocycles. The van der Waals surface area contributed by atoms with Gasteiger partial charge in [-0.25, -0.2) is 4.79 Å². The SMILES string of the molecule is CCOc1cc(CC(=O)N(Cc2ccc(OC)cc2)C(CC(C)C)(c2ccccc2)C2CCCCN2)ccc1C(=O)O. The van der Waals surface area contributed by atoms with Crippen molar-refractivity contribution in [2.45, 2.75) is 71.0 Å². The second-order valence-corrected chi connectivity index (χ2v) is 11.5. The van der Waals surface area contributed by atoms with E-state index in [2.05, 4.69) is 48.3 Å². The minimum Gasteiger partial charge on any atom is -0.497 e. The molecule has 4 rings (SSSR count). The molecule has 1 fully saturated rings. The molecular formula is C35H44N2O5. The largest absolute Gasteiger partial charge is 0.497 e. The summed E-state index contributed by atoms with van der Waals surface area (Å²) in [6.45, 7) is 7.92. The van der Waals surface area contributed by atoms with Crippen LogP contribution in [0.25, 0.3) is 0 Å². The molecule has 1 aliphatic heterocycles. The van der Waals surface area contributed by atoms with Crippen molar-refractivity contribution >= 4 is 11.9 Å². The summed E-state index contributed by atoms with van der Waals surface area (Å²) < 4.78 is 11.1. The molecule has 0 aromatic heterocycles. The highest BCUT2D eigenvalue weighted by atomic mass is 16.5. The second kappa shape index (κ2) is 14.4. The zero-order valence-electron chi connectivity index (χ0n) is 25.3. The maximum Gasteiger partial charge on any atom is 0.339 e. The molecule has 3 aromatic carbocycles. The molecule has 1 saturated heterocycles. The smallest absolute Gasteiger partial charge is 0.339 e. The normalized spacial score (nSPS) is 16.5. The Morgan fingerprint density at radius 2 is 1.74 bits per heavy atom.